The van der Waals surface area contributed by atoms with Gasteiger partial charge >= 0.3 is 0 Å². The maximum Gasteiger partial charge on any atom is 0.251 e. The summed E-state index contributed by atoms with van der Waals surface area (Å²) in [5.41, 5.74) is 1.85. The van der Waals surface area contributed by atoms with Gasteiger partial charge in [0.15, 0.2) is 0 Å². The molecule has 4 heteroatoms. The van der Waals surface area contributed by atoms with E-state index in [-0.39, 0.29) is 5.91 Å². The van der Waals surface area contributed by atoms with Crippen LogP contribution in [0, 0.1) is 0 Å². The van der Waals surface area contributed by atoms with E-state index in [0.717, 1.165) is 24.2 Å². The van der Waals surface area contributed by atoms with Gasteiger partial charge in [0.25, 0.3) is 5.91 Å². The average Bonchev–Trinajstić information content (AvgIpc) is 2.58. The Morgan fingerprint density at radius 3 is 2.39 bits per heavy atom. The van der Waals surface area contributed by atoms with Gasteiger partial charge in [0.2, 0.25) is 0 Å². The van der Waals surface area contributed by atoms with Crippen molar-refractivity contribution in [3.05, 3.63) is 29.8 Å². The molecule has 1 heterocycles. The molecule has 0 spiro atoms. The number of hydrogen-bond acceptors (Lipinski definition) is 3. The lowest BCUT2D eigenvalue weighted by Crippen LogP contribution is -2.30. The normalized spacial score (nSPS) is 15.4. The zero-order valence-electron chi connectivity index (χ0n) is 14.7. The Labute approximate surface area is 140 Å². The van der Waals surface area contributed by atoms with Crippen molar-refractivity contribution in [2.45, 2.75) is 38.5 Å². The second-order valence-electron chi connectivity index (χ2n) is 6.66. The molecule has 1 aromatic carbocycles. The first-order valence-corrected chi connectivity index (χ1v) is 8.95. The summed E-state index contributed by atoms with van der Waals surface area (Å²) in [4.78, 5) is 16.7. The Morgan fingerprint density at radius 1 is 1.04 bits per heavy atom. The van der Waals surface area contributed by atoms with Crippen LogP contribution in [0.4, 0.5) is 5.69 Å². The topological polar surface area (TPSA) is 35.6 Å². The van der Waals surface area contributed by atoms with Gasteiger partial charge in [-0.05, 0) is 69.6 Å². The van der Waals surface area contributed by atoms with E-state index >= 15 is 0 Å². The van der Waals surface area contributed by atoms with E-state index in [9.17, 15) is 4.79 Å². The van der Waals surface area contributed by atoms with Gasteiger partial charge in [-0.3, -0.25) is 4.79 Å². The molecular weight excluding hydrogens is 286 g/mol. The molecule has 0 aliphatic carbocycles. The molecule has 1 fully saturated rings. The van der Waals surface area contributed by atoms with Gasteiger partial charge in [0, 0.05) is 31.9 Å². The fraction of sp³-hybridized carbons (Fsp3) is 0.632. The predicted molar refractivity (Wildman–Crippen MR) is 97.2 cm³/mol. The number of carbonyl (C=O) groups is 1. The van der Waals surface area contributed by atoms with Crippen LogP contribution < -0.4 is 10.2 Å². The fourth-order valence-corrected chi connectivity index (χ4v) is 3.04. The number of carbonyl (C=O) groups excluding carboxylic acids is 1. The van der Waals surface area contributed by atoms with Crippen LogP contribution in [-0.4, -0.2) is 51.1 Å². The number of benzene rings is 1. The van der Waals surface area contributed by atoms with Gasteiger partial charge < -0.3 is 15.1 Å². The quantitative estimate of drug-likeness (QED) is 0.748. The van der Waals surface area contributed by atoms with Crippen molar-refractivity contribution in [2.75, 3.05) is 45.2 Å². The predicted octanol–water partition coefficient (Wildman–Crippen LogP) is 3.14. The van der Waals surface area contributed by atoms with Gasteiger partial charge in [-0.25, -0.2) is 0 Å². The third-order valence-corrected chi connectivity index (χ3v) is 4.53. The molecule has 0 atom stereocenters. The van der Waals surface area contributed by atoms with Gasteiger partial charge in [-0.2, -0.15) is 0 Å². The summed E-state index contributed by atoms with van der Waals surface area (Å²) in [6, 6.07) is 7.74. The second kappa shape index (κ2) is 9.56. The van der Waals surface area contributed by atoms with Crippen LogP contribution in [0.3, 0.4) is 0 Å². The highest BCUT2D eigenvalue weighted by Crippen LogP contribution is 2.12. The van der Waals surface area contributed by atoms with Crippen molar-refractivity contribution >= 4 is 11.6 Å². The Kier molecular flexibility index (Phi) is 7.40. The van der Waals surface area contributed by atoms with Crippen molar-refractivity contribution in [3.8, 4) is 0 Å². The molecule has 0 aromatic heterocycles. The van der Waals surface area contributed by atoms with Crippen molar-refractivity contribution in [2.24, 2.45) is 0 Å². The number of nitrogens with zero attached hydrogens (tertiary/aromatic N) is 2. The Bertz CT molecular complexity index is 464. The molecule has 128 valence electrons. The summed E-state index contributed by atoms with van der Waals surface area (Å²) in [6.45, 7) is 4.55. The van der Waals surface area contributed by atoms with E-state index < -0.39 is 0 Å². The summed E-state index contributed by atoms with van der Waals surface area (Å²) < 4.78 is 0. The lowest BCUT2D eigenvalue weighted by atomic mass is 10.1. The summed E-state index contributed by atoms with van der Waals surface area (Å²) in [5.74, 6) is 0.0336. The number of amides is 1. The first kappa shape index (κ1) is 17.8. The number of nitrogens with one attached hydrogen (secondary N) is 1. The molecule has 1 saturated heterocycles. The fourth-order valence-electron chi connectivity index (χ4n) is 3.04. The van der Waals surface area contributed by atoms with E-state index in [1.165, 1.54) is 51.7 Å². The minimum atomic E-state index is 0.0336. The first-order chi connectivity index (χ1) is 11.2. The van der Waals surface area contributed by atoms with Crippen LogP contribution >= 0.6 is 0 Å². The van der Waals surface area contributed by atoms with E-state index in [1.54, 1.807) is 0 Å². The molecule has 1 aliphatic rings. The standard InChI is InChI=1S/C19H31N3O/c1-21(2)18-11-9-17(10-12-18)19(23)20-13-5-3-6-14-22-15-7-4-8-16-22/h9-12H,3-8,13-16H2,1-2H3,(H,20,23). The number of piperidine rings is 1. The van der Waals surface area contributed by atoms with E-state index in [4.69, 9.17) is 0 Å². The van der Waals surface area contributed by atoms with Crippen molar-refractivity contribution in [3.63, 3.8) is 0 Å². The minimum absolute atomic E-state index is 0.0336. The van der Waals surface area contributed by atoms with Crippen LogP contribution in [0.25, 0.3) is 0 Å². The smallest absolute Gasteiger partial charge is 0.251 e. The Morgan fingerprint density at radius 2 is 1.74 bits per heavy atom. The van der Waals surface area contributed by atoms with E-state index in [0.29, 0.717) is 0 Å². The summed E-state index contributed by atoms with van der Waals surface area (Å²) >= 11 is 0. The second-order valence-corrected chi connectivity index (χ2v) is 6.66. The molecule has 1 N–H and O–H groups in total. The molecule has 2 rings (SSSR count). The summed E-state index contributed by atoms with van der Waals surface area (Å²) in [6.07, 6.45) is 7.63. The highest BCUT2D eigenvalue weighted by Gasteiger charge is 2.09. The van der Waals surface area contributed by atoms with Crippen LogP contribution in [0.5, 0.6) is 0 Å². The van der Waals surface area contributed by atoms with Gasteiger partial charge in [-0.15, -0.1) is 0 Å². The van der Waals surface area contributed by atoms with Crippen LogP contribution in [0.15, 0.2) is 24.3 Å². The molecule has 0 radical (unpaired) electrons. The average molecular weight is 317 g/mol. The number of anilines is 1. The lowest BCUT2D eigenvalue weighted by Gasteiger charge is -2.26. The molecule has 0 unspecified atom stereocenters. The third-order valence-electron chi connectivity index (χ3n) is 4.53. The first-order valence-electron chi connectivity index (χ1n) is 8.95. The monoisotopic (exact) mass is 317 g/mol. The van der Waals surface area contributed by atoms with Gasteiger partial charge in [-0.1, -0.05) is 12.8 Å². The molecule has 1 aromatic rings. The minimum Gasteiger partial charge on any atom is -0.378 e. The van der Waals surface area contributed by atoms with Crippen molar-refractivity contribution < 1.29 is 4.79 Å². The number of rotatable bonds is 8. The number of unbranched alkanes of at least 4 members (excludes halogenated alkanes) is 2. The Balaban J connectivity index is 1.57. The molecule has 1 aliphatic heterocycles. The molecule has 4 nitrogen and oxygen atoms in total. The Hall–Kier alpha value is -1.55. The number of hydrogen-bond donors (Lipinski definition) is 1. The molecule has 1 amide bonds. The summed E-state index contributed by atoms with van der Waals surface area (Å²) in [5, 5.41) is 3.02. The lowest BCUT2D eigenvalue weighted by molar-refractivity contribution is 0.0953. The SMILES string of the molecule is CN(C)c1ccc(C(=O)NCCCCCN2CCCCC2)cc1. The highest BCUT2D eigenvalue weighted by molar-refractivity contribution is 5.94. The largest absolute Gasteiger partial charge is 0.378 e. The molecule has 23 heavy (non-hydrogen) atoms. The maximum absolute atomic E-state index is 12.1. The van der Waals surface area contributed by atoms with Gasteiger partial charge in [0.1, 0.15) is 0 Å². The van der Waals surface area contributed by atoms with Crippen LogP contribution in [-0.2, 0) is 0 Å². The zero-order valence-corrected chi connectivity index (χ0v) is 14.7. The van der Waals surface area contributed by atoms with Crippen LogP contribution in [0.2, 0.25) is 0 Å². The summed E-state index contributed by atoms with van der Waals surface area (Å²) in [7, 11) is 4.00. The van der Waals surface area contributed by atoms with E-state index in [1.807, 2.05) is 43.3 Å². The maximum atomic E-state index is 12.1. The molecule has 0 saturated carbocycles. The van der Waals surface area contributed by atoms with Crippen molar-refractivity contribution in [1.82, 2.24) is 10.2 Å². The van der Waals surface area contributed by atoms with Crippen molar-refractivity contribution in [1.29, 1.82) is 0 Å². The third kappa shape index (κ3) is 6.22. The molecule has 0 bridgehead atoms. The van der Waals surface area contributed by atoms with E-state index in [2.05, 4.69) is 10.2 Å². The highest BCUT2D eigenvalue weighted by atomic mass is 16.1. The molecular formula is C19H31N3O. The van der Waals surface area contributed by atoms with Gasteiger partial charge in [0.05, 0.1) is 0 Å². The zero-order chi connectivity index (χ0) is 16.5. The van der Waals surface area contributed by atoms with Crippen LogP contribution in [0.1, 0.15) is 48.9 Å². The number of likely N-dealkylation sites (tertiary alicyclic amines) is 1.